The minimum absolute atomic E-state index is 0.0587. The molecule has 0 amide bonds. The molecule has 2 fully saturated rings. The highest BCUT2D eigenvalue weighted by molar-refractivity contribution is 5.27. The second kappa shape index (κ2) is 8.11. The van der Waals surface area contributed by atoms with E-state index in [0.29, 0.717) is 6.61 Å². The Kier molecular flexibility index (Phi) is 5.89. The molecule has 2 heterocycles. The van der Waals surface area contributed by atoms with Gasteiger partial charge >= 0.3 is 0 Å². The van der Waals surface area contributed by atoms with Crippen LogP contribution >= 0.6 is 0 Å². The van der Waals surface area contributed by atoms with Crippen LogP contribution < -0.4 is 4.74 Å². The number of piperazine rings is 1. The van der Waals surface area contributed by atoms with Crippen LogP contribution in [0.1, 0.15) is 12.0 Å². The lowest BCUT2D eigenvalue weighted by Gasteiger charge is -2.36. The van der Waals surface area contributed by atoms with E-state index in [4.69, 9.17) is 9.84 Å². The van der Waals surface area contributed by atoms with E-state index in [1.165, 1.54) is 51.3 Å². The van der Waals surface area contributed by atoms with Crippen molar-refractivity contribution in [3.8, 4) is 5.75 Å². The van der Waals surface area contributed by atoms with Gasteiger partial charge in [-0.1, -0.05) is 12.1 Å². The summed E-state index contributed by atoms with van der Waals surface area (Å²) in [7, 11) is 2.21. The number of aliphatic hydroxyl groups excluding tert-OH is 1. The Hall–Kier alpha value is -1.14. The topological polar surface area (TPSA) is 39.2 Å². The van der Waals surface area contributed by atoms with Crippen molar-refractivity contribution in [3.63, 3.8) is 0 Å². The van der Waals surface area contributed by atoms with Crippen molar-refractivity contribution in [1.29, 1.82) is 0 Å². The molecule has 0 unspecified atom stereocenters. The molecule has 128 valence electrons. The van der Waals surface area contributed by atoms with Gasteiger partial charge in [-0.3, -0.25) is 9.80 Å². The molecule has 3 rings (SSSR count). The Balaban J connectivity index is 1.46. The van der Waals surface area contributed by atoms with Crippen molar-refractivity contribution < 1.29 is 9.84 Å². The van der Waals surface area contributed by atoms with Gasteiger partial charge in [-0.05, 0) is 31.2 Å². The fourth-order valence-corrected chi connectivity index (χ4v) is 3.55. The molecular weight excluding hydrogens is 290 g/mol. The molecule has 0 saturated carbocycles. The molecule has 1 N–H and O–H groups in total. The molecule has 1 aromatic rings. The van der Waals surface area contributed by atoms with Crippen LogP contribution in [0.2, 0.25) is 0 Å². The molecule has 2 aliphatic heterocycles. The highest BCUT2D eigenvalue weighted by atomic mass is 16.5. The molecule has 2 aliphatic rings. The second-order valence-electron chi connectivity index (χ2n) is 6.73. The Morgan fingerprint density at radius 1 is 1.09 bits per heavy atom. The predicted molar refractivity (Wildman–Crippen MR) is 91.8 cm³/mol. The molecule has 5 nitrogen and oxygen atoms in total. The Morgan fingerprint density at radius 3 is 2.52 bits per heavy atom. The number of aliphatic hydroxyl groups is 1. The highest BCUT2D eigenvalue weighted by Crippen LogP contribution is 2.20. The maximum Gasteiger partial charge on any atom is 0.119 e. The van der Waals surface area contributed by atoms with E-state index in [0.717, 1.165) is 18.3 Å². The summed E-state index contributed by atoms with van der Waals surface area (Å²) >= 11 is 0. The number of rotatable bonds is 6. The molecular formula is C18H29N3O2. The third-order valence-electron chi connectivity index (χ3n) is 4.99. The van der Waals surface area contributed by atoms with Gasteiger partial charge in [0.2, 0.25) is 0 Å². The zero-order valence-electron chi connectivity index (χ0n) is 14.2. The summed E-state index contributed by atoms with van der Waals surface area (Å²) in [5.74, 6) is 0.833. The van der Waals surface area contributed by atoms with E-state index in [-0.39, 0.29) is 6.61 Å². The van der Waals surface area contributed by atoms with Crippen LogP contribution in [0.15, 0.2) is 24.3 Å². The van der Waals surface area contributed by atoms with Crippen molar-refractivity contribution in [1.82, 2.24) is 14.7 Å². The largest absolute Gasteiger partial charge is 0.491 e. The lowest BCUT2D eigenvalue weighted by molar-refractivity contribution is 0.112. The second-order valence-corrected chi connectivity index (χ2v) is 6.73. The van der Waals surface area contributed by atoms with Crippen molar-refractivity contribution in [3.05, 3.63) is 29.8 Å². The van der Waals surface area contributed by atoms with Gasteiger partial charge in [-0.2, -0.15) is 0 Å². The van der Waals surface area contributed by atoms with E-state index in [1.54, 1.807) is 0 Å². The smallest absolute Gasteiger partial charge is 0.119 e. The Labute approximate surface area is 139 Å². The molecule has 1 aromatic carbocycles. The maximum atomic E-state index is 8.78. The third-order valence-corrected chi connectivity index (χ3v) is 4.99. The summed E-state index contributed by atoms with van der Waals surface area (Å²) in [6.45, 7) is 8.65. The molecule has 0 aliphatic carbocycles. The molecule has 0 bridgehead atoms. The van der Waals surface area contributed by atoms with Crippen LogP contribution in [0.4, 0.5) is 0 Å². The number of hydrogen-bond acceptors (Lipinski definition) is 5. The third kappa shape index (κ3) is 4.67. The molecule has 23 heavy (non-hydrogen) atoms. The van der Waals surface area contributed by atoms with Crippen LogP contribution in [-0.2, 0) is 6.54 Å². The minimum atomic E-state index is 0.0587. The van der Waals surface area contributed by atoms with E-state index < -0.39 is 0 Å². The van der Waals surface area contributed by atoms with Gasteiger partial charge in [-0.25, -0.2) is 0 Å². The summed E-state index contributed by atoms with van der Waals surface area (Å²) in [6, 6.07) is 9.00. The lowest BCUT2D eigenvalue weighted by atomic mass is 10.2. The van der Waals surface area contributed by atoms with E-state index >= 15 is 0 Å². The quantitative estimate of drug-likeness (QED) is 0.843. The Bertz CT molecular complexity index is 472. The normalized spacial score (nSPS) is 24.2. The Morgan fingerprint density at radius 2 is 1.83 bits per heavy atom. The average Bonchev–Trinajstić information content (AvgIpc) is 3.03. The predicted octanol–water partition coefficient (Wildman–Crippen LogP) is 0.879. The monoisotopic (exact) mass is 319 g/mol. The number of nitrogens with zero attached hydrogens (tertiary/aromatic N) is 3. The van der Waals surface area contributed by atoms with Crippen LogP contribution in [0.25, 0.3) is 0 Å². The minimum Gasteiger partial charge on any atom is -0.491 e. The first-order valence-electron chi connectivity index (χ1n) is 8.72. The summed E-state index contributed by atoms with van der Waals surface area (Å²) in [6.07, 6.45) is 1.29. The number of likely N-dealkylation sites (tertiary alicyclic amines) is 1. The van der Waals surface area contributed by atoms with Crippen molar-refractivity contribution in [2.24, 2.45) is 0 Å². The van der Waals surface area contributed by atoms with Crippen LogP contribution in [0.5, 0.6) is 5.75 Å². The van der Waals surface area contributed by atoms with Gasteiger partial charge in [0, 0.05) is 51.9 Å². The van der Waals surface area contributed by atoms with Crippen LogP contribution in [0.3, 0.4) is 0 Å². The first kappa shape index (κ1) is 16.7. The van der Waals surface area contributed by atoms with E-state index in [1.807, 2.05) is 12.1 Å². The zero-order chi connectivity index (χ0) is 16.1. The fourth-order valence-electron chi connectivity index (χ4n) is 3.55. The summed E-state index contributed by atoms with van der Waals surface area (Å²) in [5.41, 5.74) is 1.33. The standard InChI is InChI=1S/C18H29N3O2/c1-19-8-10-21(11-9-19)17-6-7-20(15-17)14-16-2-4-18(5-3-16)23-13-12-22/h2-5,17,22H,6-15H2,1H3/t17-/m0/s1. The van der Waals surface area contributed by atoms with Gasteiger partial charge in [-0.15, -0.1) is 0 Å². The first-order chi connectivity index (χ1) is 11.2. The van der Waals surface area contributed by atoms with Gasteiger partial charge in [0.25, 0.3) is 0 Å². The molecule has 1 atom stereocenters. The first-order valence-corrected chi connectivity index (χ1v) is 8.72. The molecule has 5 heteroatoms. The van der Waals surface area contributed by atoms with Gasteiger partial charge < -0.3 is 14.7 Å². The number of benzene rings is 1. The van der Waals surface area contributed by atoms with Crippen molar-refractivity contribution >= 4 is 0 Å². The van der Waals surface area contributed by atoms with Crippen LogP contribution in [0, 0.1) is 0 Å². The number of ether oxygens (including phenoxy) is 1. The van der Waals surface area contributed by atoms with Crippen molar-refractivity contribution in [2.75, 3.05) is 59.5 Å². The number of hydrogen-bond donors (Lipinski definition) is 1. The van der Waals surface area contributed by atoms with Gasteiger partial charge in [0.15, 0.2) is 0 Å². The highest BCUT2D eigenvalue weighted by Gasteiger charge is 2.29. The summed E-state index contributed by atoms with van der Waals surface area (Å²) < 4.78 is 5.41. The summed E-state index contributed by atoms with van der Waals surface area (Å²) in [5, 5.41) is 8.78. The molecule has 2 saturated heterocycles. The zero-order valence-corrected chi connectivity index (χ0v) is 14.2. The average molecular weight is 319 g/mol. The number of likely N-dealkylation sites (N-methyl/N-ethyl adjacent to an activating group) is 1. The van der Waals surface area contributed by atoms with E-state index in [9.17, 15) is 0 Å². The van der Waals surface area contributed by atoms with Crippen LogP contribution in [-0.4, -0.2) is 85.4 Å². The van der Waals surface area contributed by atoms with Gasteiger partial charge in [0.05, 0.1) is 6.61 Å². The SMILES string of the molecule is CN1CCN([C@H]2CCN(Cc3ccc(OCCO)cc3)C2)CC1. The van der Waals surface area contributed by atoms with Crippen molar-refractivity contribution in [2.45, 2.75) is 19.0 Å². The lowest BCUT2D eigenvalue weighted by Crippen LogP contribution is -2.49. The summed E-state index contributed by atoms with van der Waals surface area (Å²) in [4.78, 5) is 7.65. The maximum absolute atomic E-state index is 8.78. The molecule has 0 aromatic heterocycles. The molecule has 0 radical (unpaired) electrons. The molecule has 0 spiro atoms. The van der Waals surface area contributed by atoms with E-state index in [2.05, 4.69) is 33.9 Å². The fraction of sp³-hybridized carbons (Fsp3) is 0.667. The van der Waals surface area contributed by atoms with Gasteiger partial charge in [0.1, 0.15) is 12.4 Å².